The number of rotatable bonds is 6. The maximum atomic E-state index is 12.3. The number of ether oxygens (including phenoxy) is 3. The fraction of sp³-hybridized carbons (Fsp3) is 0.350. The van der Waals surface area contributed by atoms with Crippen LogP contribution < -0.4 is 14.8 Å². The molecule has 2 aromatic rings. The second-order valence-electron chi connectivity index (χ2n) is 6.16. The summed E-state index contributed by atoms with van der Waals surface area (Å²) in [5, 5.41) is 3.31. The molecule has 1 aliphatic rings. The molecule has 0 unspecified atom stereocenters. The zero-order valence-electron chi connectivity index (χ0n) is 15.7. The van der Waals surface area contributed by atoms with Crippen molar-refractivity contribution in [1.29, 1.82) is 0 Å². The van der Waals surface area contributed by atoms with Crippen molar-refractivity contribution in [2.45, 2.75) is 20.3 Å². The summed E-state index contributed by atoms with van der Waals surface area (Å²) < 4.78 is 16.0. The summed E-state index contributed by atoms with van der Waals surface area (Å²) in [4.78, 5) is 28.3. The first-order valence-electron chi connectivity index (χ1n) is 9.00. The van der Waals surface area contributed by atoms with Crippen molar-refractivity contribution >= 4 is 23.5 Å². The highest BCUT2D eigenvalue weighted by atomic mass is 35.5. The van der Waals surface area contributed by atoms with Gasteiger partial charge in [0, 0.05) is 6.54 Å². The minimum atomic E-state index is -0.449. The number of aryl methyl sites for hydroxylation is 1. The summed E-state index contributed by atoms with van der Waals surface area (Å²) >= 11 is 6.22. The number of amides is 1. The zero-order chi connectivity index (χ0) is 20.1. The van der Waals surface area contributed by atoms with Crippen molar-refractivity contribution in [3.05, 3.63) is 51.8 Å². The molecule has 0 radical (unpaired) electrons. The molecule has 0 saturated carbocycles. The average Bonchev–Trinajstić information content (AvgIpc) is 2.68. The van der Waals surface area contributed by atoms with E-state index in [-0.39, 0.29) is 18.2 Å². The van der Waals surface area contributed by atoms with Gasteiger partial charge >= 0.3 is 5.97 Å². The van der Waals surface area contributed by atoms with Gasteiger partial charge in [-0.1, -0.05) is 11.6 Å². The summed E-state index contributed by atoms with van der Waals surface area (Å²) in [6, 6.07) is 6.73. The summed E-state index contributed by atoms with van der Waals surface area (Å²) in [5.74, 6) is 0.408. The van der Waals surface area contributed by atoms with Crippen LogP contribution in [0.4, 0.5) is 0 Å². The van der Waals surface area contributed by atoms with Crippen molar-refractivity contribution in [1.82, 2.24) is 10.3 Å². The topological polar surface area (TPSA) is 86.8 Å². The van der Waals surface area contributed by atoms with Crippen molar-refractivity contribution < 1.29 is 23.8 Å². The first-order chi connectivity index (χ1) is 13.5. The van der Waals surface area contributed by atoms with Crippen LogP contribution in [0.1, 0.15) is 39.0 Å². The Bertz CT molecular complexity index is 900. The first-order valence-corrected chi connectivity index (χ1v) is 9.38. The minimum absolute atomic E-state index is 0.241. The van der Waals surface area contributed by atoms with E-state index in [0.29, 0.717) is 54.0 Å². The largest absolute Gasteiger partial charge is 0.486 e. The third kappa shape index (κ3) is 4.54. The normalized spacial score (nSPS) is 12.4. The third-order valence-corrected chi connectivity index (χ3v) is 4.45. The molecule has 0 fully saturated rings. The molecule has 1 amide bonds. The minimum Gasteiger partial charge on any atom is -0.486 e. The van der Waals surface area contributed by atoms with Crippen LogP contribution in [-0.4, -0.2) is 43.2 Å². The second kappa shape index (κ2) is 8.93. The predicted molar refractivity (Wildman–Crippen MR) is 103 cm³/mol. The Morgan fingerprint density at radius 3 is 2.79 bits per heavy atom. The number of aromatic nitrogens is 1. The van der Waals surface area contributed by atoms with E-state index in [1.807, 2.05) is 6.07 Å². The fourth-order valence-corrected chi connectivity index (χ4v) is 3.12. The van der Waals surface area contributed by atoms with Gasteiger partial charge in [-0.3, -0.25) is 4.79 Å². The van der Waals surface area contributed by atoms with E-state index < -0.39 is 5.97 Å². The molecular formula is C20H21ClN2O5. The molecule has 1 aromatic heterocycles. The van der Waals surface area contributed by atoms with Gasteiger partial charge in [-0.25, -0.2) is 9.78 Å². The summed E-state index contributed by atoms with van der Waals surface area (Å²) in [7, 11) is 0. The molecule has 0 spiro atoms. The van der Waals surface area contributed by atoms with Crippen LogP contribution in [0.3, 0.4) is 0 Å². The van der Waals surface area contributed by atoms with Crippen LogP contribution >= 0.6 is 11.6 Å². The Morgan fingerprint density at radius 1 is 1.25 bits per heavy atom. The van der Waals surface area contributed by atoms with Crippen LogP contribution in [0.5, 0.6) is 11.5 Å². The van der Waals surface area contributed by atoms with E-state index in [4.69, 9.17) is 25.8 Å². The van der Waals surface area contributed by atoms with Crippen molar-refractivity contribution in [3.63, 3.8) is 0 Å². The van der Waals surface area contributed by atoms with Gasteiger partial charge in [-0.05, 0) is 50.1 Å². The van der Waals surface area contributed by atoms with Crippen LogP contribution in [0.15, 0.2) is 24.3 Å². The van der Waals surface area contributed by atoms with E-state index in [1.165, 1.54) is 6.07 Å². The number of carbonyl (C=O) groups is 2. The van der Waals surface area contributed by atoms with Gasteiger partial charge in [-0.15, -0.1) is 0 Å². The number of nitrogens with one attached hydrogen (secondary N) is 1. The fourth-order valence-electron chi connectivity index (χ4n) is 2.83. The van der Waals surface area contributed by atoms with E-state index in [0.717, 1.165) is 5.56 Å². The number of hydrogen-bond donors (Lipinski definition) is 1. The molecule has 8 heteroatoms. The number of carbonyl (C=O) groups excluding carboxylic acids is 2. The molecule has 3 rings (SSSR count). The molecule has 1 aromatic carbocycles. The lowest BCUT2D eigenvalue weighted by Gasteiger charge is -2.20. The van der Waals surface area contributed by atoms with Gasteiger partial charge in [0.1, 0.15) is 18.9 Å². The molecule has 1 N–H and O–H groups in total. The number of benzene rings is 1. The lowest BCUT2D eigenvalue weighted by atomic mass is 10.1. The van der Waals surface area contributed by atoms with E-state index in [9.17, 15) is 9.59 Å². The van der Waals surface area contributed by atoms with Gasteiger partial charge in [0.05, 0.1) is 22.9 Å². The highest BCUT2D eigenvalue weighted by Gasteiger charge is 2.17. The van der Waals surface area contributed by atoms with Gasteiger partial charge < -0.3 is 19.5 Å². The van der Waals surface area contributed by atoms with Gasteiger partial charge in [0.25, 0.3) is 5.91 Å². The zero-order valence-corrected chi connectivity index (χ0v) is 16.5. The molecule has 28 heavy (non-hydrogen) atoms. The average molecular weight is 405 g/mol. The van der Waals surface area contributed by atoms with Crippen LogP contribution in [0.25, 0.3) is 0 Å². The third-order valence-electron chi connectivity index (χ3n) is 4.17. The molecule has 0 bridgehead atoms. The van der Waals surface area contributed by atoms with Crippen LogP contribution in [0.2, 0.25) is 5.02 Å². The van der Waals surface area contributed by atoms with Crippen LogP contribution in [0, 0.1) is 6.92 Å². The van der Waals surface area contributed by atoms with E-state index in [1.54, 1.807) is 26.0 Å². The SMILES string of the molecule is CCOC(=O)c1ccc(C(=O)NCCc2cc(Cl)c3c(c2)OCCO3)nc1C. The van der Waals surface area contributed by atoms with Gasteiger partial charge in [0.15, 0.2) is 11.5 Å². The number of esters is 1. The Hall–Kier alpha value is -2.80. The molecule has 0 atom stereocenters. The molecular weight excluding hydrogens is 384 g/mol. The Morgan fingerprint density at radius 2 is 2.04 bits per heavy atom. The highest BCUT2D eigenvalue weighted by Crippen LogP contribution is 2.38. The number of fused-ring (bicyclic) bond motifs is 1. The lowest BCUT2D eigenvalue weighted by molar-refractivity contribution is 0.0524. The monoisotopic (exact) mass is 404 g/mol. The molecule has 7 nitrogen and oxygen atoms in total. The Balaban J connectivity index is 1.59. The van der Waals surface area contributed by atoms with Crippen LogP contribution in [-0.2, 0) is 11.2 Å². The molecule has 2 heterocycles. The first kappa shape index (κ1) is 19.9. The summed E-state index contributed by atoms with van der Waals surface area (Å²) in [6.45, 7) is 5.04. The summed E-state index contributed by atoms with van der Waals surface area (Å²) in [5.41, 5.74) is 1.97. The maximum absolute atomic E-state index is 12.3. The molecule has 0 saturated heterocycles. The molecule has 0 aliphatic carbocycles. The Labute approximate surface area is 168 Å². The number of hydrogen-bond acceptors (Lipinski definition) is 6. The van der Waals surface area contributed by atoms with Crippen molar-refractivity contribution in [2.75, 3.05) is 26.4 Å². The number of halogens is 1. The predicted octanol–water partition coefficient (Wildman–Crippen LogP) is 2.96. The van der Waals surface area contributed by atoms with E-state index in [2.05, 4.69) is 10.3 Å². The lowest BCUT2D eigenvalue weighted by Crippen LogP contribution is -2.27. The smallest absolute Gasteiger partial charge is 0.339 e. The van der Waals surface area contributed by atoms with E-state index >= 15 is 0 Å². The van der Waals surface area contributed by atoms with Gasteiger partial charge in [0.2, 0.25) is 0 Å². The van der Waals surface area contributed by atoms with Gasteiger partial charge in [-0.2, -0.15) is 0 Å². The standard InChI is InChI=1S/C20H21ClN2O5/c1-3-26-20(25)14-4-5-16(23-12(14)2)19(24)22-7-6-13-10-15(21)18-17(11-13)27-8-9-28-18/h4-5,10-11H,3,6-9H2,1-2H3,(H,22,24). The molecule has 148 valence electrons. The summed E-state index contributed by atoms with van der Waals surface area (Å²) in [6.07, 6.45) is 0.571. The molecule has 1 aliphatic heterocycles. The van der Waals surface area contributed by atoms with Crippen molar-refractivity contribution in [3.8, 4) is 11.5 Å². The number of nitrogens with zero attached hydrogens (tertiary/aromatic N) is 1. The van der Waals surface area contributed by atoms with Crippen molar-refractivity contribution in [2.24, 2.45) is 0 Å². The maximum Gasteiger partial charge on any atom is 0.339 e. The Kier molecular flexibility index (Phi) is 6.36. The quantitative estimate of drug-likeness (QED) is 0.745. The second-order valence-corrected chi connectivity index (χ2v) is 6.56. The number of pyridine rings is 1. The highest BCUT2D eigenvalue weighted by molar-refractivity contribution is 6.32.